The fourth-order valence-electron chi connectivity index (χ4n) is 1.89. The molecule has 21 heavy (non-hydrogen) atoms. The van der Waals surface area contributed by atoms with Crippen LogP contribution in [0, 0.1) is 0 Å². The Labute approximate surface area is 128 Å². The van der Waals surface area contributed by atoms with Crippen molar-refractivity contribution >= 4 is 17.7 Å². The van der Waals surface area contributed by atoms with Gasteiger partial charge in [-0.15, -0.1) is 10.2 Å². The quantitative estimate of drug-likeness (QED) is 0.628. The lowest BCUT2D eigenvalue weighted by Crippen LogP contribution is -2.04. The van der Waals surface area contributed by atoms with Gasteiger partial charge in [-0.1, -0.05) is 49.9 Å². The normalized spacial score (nSPS) is 10.9. The molecule has 0 bridgehead atoms. The Morgan fingerprint density at radius 3 is 2.52 bits per heavy atom. The number of benzene rings is 1. The fourth-order valence-corrected chi connectivity index (χ4v) is 2.63. The lowest BCUT2D eigenvalue weighted by atomic mass is 10.0. The number of hydrogen-bond donors (Lipinski definition) is 0. The minimum Gasteiger partial charge on any atom is -0.468 e. The Hall–Kier alpha value is -1.82. The maximum atomic E-state index is 11.2. The number of carbonyl (C=O) groups excluding carboxylic acids is 1. The maximum Gasteiger partial charge on any atom is 0.316 e. The summed E-state index contributed by atoms with van der Waals surface area (Å²) in [6.45, 7) is 4.33. The third-order valence-corrected chi connectivity index (χ3v) is 4.21. The molecule has 1 aromatic heterocycles. The van der Waals surface area contributed by atoms with Crippen LogP contribution in [-0.4, -0.2) is 33.6 Å². The molecule has 5 nitrogen and oxygen atoms in total. The van der Waals surface area contributed by atoms with Crippen LogP contribution in [0.2, 0.25) is 0 Å². The predicted molar refractivity (Wildman–Crippen MR) is 83.3 cm³/mol. The second-order valence-electron chi connectivity index (χ2n) is 5.01. The summed E-state index contributed by atoms with van der Waals surface area (Å²) in [6.07, 6.45) is 0. The Morgan fingerprint density at radius 2 is 1.95 bits per heavy atom. The zero-order valence-corrected chi connectivity index (χ0v) is 13.5. The lowest BCUT2D eigenvalue weighted by molar-refractivity contribution is -0.137. The number of hydrogen-bond acceptors (Lipinski definition) is 5. The van der Waals surface area contributed by atoms with Crippen molar-refractivity contribution in [3.8, 4) is 11.4 Å². The van der Waals surface area contributed by atoms with Gasteiger partial charge in [0.1, 0.15) is 0 Å². The second-order valence-corrected chi connectivity index (χ2v) is 5.95. The van der Waals surface area contributed by atoms with E-state index in [1.165, 1.54) is 24.4 Å². The molecule has 0 aliphatic rings. The topological polar surface area (TPSA) is 57.0 Å². The van der Waals surface area contributed by atoms with Gasteiger partial charge in [-0.3, -0.25) is 4.79 Å². The van der Waals surface area contributed by atoms with E-state index in [0.29, 0.717) is 11.1 Å². The first-order valence-corrected chi connectivity index (χ1v) is 7.70. The molecule has 0 atom stereocenters. The summed E-state index contributed by atoms with van der Waals surface area (Å²) in [4.78, 5) is 11.2. The summed E-state index contributed by atoms with van der Waals surface area (Å²) >= 11 is 1.32. The van der Waals surface area contributed by atoms with Gasteiger partial charge in [-0.25, -0.2) is 0 Å². The van der Waals surface area contributed by atoms with Crippen molar-refractivity contribution in [2.24, 2.45) is 7.05 Å². The Kier molecular flexibility index (Phi) is 5.01. The fraction of sp³-hybridized carbons (Fsp3) is 0.400. The van der Waals surface area contributed by atoms with Crippen molar-refractivity contribution in [1.82, 2.24) is 14.8 Å². The number of nitrogens with zero attached hydrogens (tertiary/aromatic N) is 3. The van der Waals surface area contributed by atoms with Gasteiger partial charge in [0.25, 0.3) is 0 Å². The molecule has 6 heteroatoms. The van der Waals surface area contributed by atoms with Gasteiger partial charge in [0.15, 0.2) is 11.0 Å². The molecule has 1 aromatic carbocycles. The van der Waals surface area contributed by atoms with Crippen LogP contribution >= 0.6 is 11.8 Å². The van der Waals surface area contributed by atoms with Crippen molar-refractivity contribution in [1.29, 1.82) is 0 Å². The third-order valence-electron chi connectivity index (χ3n) is 3.22. The highest BCUT2D eigenvalue weighted by atomic mass is 32.2. The molecule has 0 unspecified atom stereocenters. The highest BCUT2D eigenvalue weighted by Crippen LogP contribution is 2.24. The third kappa shape index (κ3) is 3.64. The van der Waals surface area contributed by atoms with Gasteiger partial charge in [0.2, 0.25) is 0 Å². The van der Waals surface area contributed by atoms with Gasteiger partial charge in [-0.05, 0) is 11.5 Å². The molecule has 1 heterocycles. The van der Waals surface area contributed by atoms with Crippen molar-refractivity contribution in [2.75, 3.05) is 12.9 Å². The highest BCUT2D eigenvalue weighted by molar-refractivity contribution is 7.99. The van der Waals surface area contributed by atoms with Crippen molar-refractivity contribution in [3.05, 3.63) is 29.8 Å². The SMILES string of the molecule is COC(=O)CSc1nnc(-c2ccc(C(C)C)cc2)n1C. The number of methoxy groups -OCH3 is 1. The van der Waals surface area contributed by atoms with Gasteiger partial charge >= 0.3 is 5.97 Å². The van der Waals surface area contributed by atoms with E-state index >= 15 is 0 Å². The van der Waals surface area contributed by atoms with E-state index in [1.54, 1.807) is 0 Å². The Balaban J connectivity index is 2.17. The predicted octanol–water partition coefficient (Wildman–Crippen LogP) is 2.87. The Morgan fingerprint density at radius 1 is 1.29 bits per heavy atom. The molecular formula is C15H19N3O2S. The average molecular weight is 305 g/mol. The zero-order chi connectivity index (χ0) is 15.4. The first kappa shape index (κ1) is 15.6. The van der Waals surface area contributed by atoms with Crippen LogP contribution in [0.15, 0.2) is 29.4 Å². The van der Waals surface area contributed by atoms with E-state index < -0.39 is 0 Å². The molecule has 0 N–H and O–H groups in total. The number of esters is 1. The molecule has 0 saturated heterocycles. The van der Waals surface area contributed by atoms with Crippen LogP contribution in [0.3, 0.4) is 0 Å². The lowest BCUT2D eigenvalue weighted by Gasteiger charge is -2.07. The van der Waals surface area contributed by atoms with Crippen molar-refractivity contribution in [2.45, 2.75) is 24.9 Å². The zero-order valence-electron chi connectivity index (χ0n) is 12.7. The van der Waals surface area contributed by atoms with E-state index in [9.17, 15) is 4.79 Å². The van der Waals surface area contributed by atoms with Crippen LogP contribution in [0.25, 0.3) is 11.4 Å². The van der Waals surface area contributed by atoms with Crippen LogP contribution in [-0.2, 0) is 16.6 Å². The standard InChI is InChI=1S/C15H19N3O2S/c1-10(2)11-5-7-12(8-6-11)14-16-17-15(18(14)3)21-9-13(19)20-4/h5-8,10H,9H2,1-4H3. The summed E-state index contributed by atoms with van der Waals surface area (Å²) in [7, 11) is 3.27. The van der Waals surface area contributed by atoms with Crippen LogP contribution < -0.4 is 0 Å². The number of ether oxygens (including phenoxy) is 1. The smallest absolute Gasteiger partial charge is 0.316 e. The number of aromatic nitrogens is 3. The van der Waals surface area contributed by atoms with Gasteiger partial charge in [0.05, 0.1) is 12.9 Å². The number of rotatable bonds is 5. The molecule has 0 aliphatic carbocycles. The van der Waals surface area contributed by atoms with E-state index in [-0.39, 0.29) is 11.7 Å². The molecule has 2 aromatic rings. The highest BCUT2D eigenvalue weighted by Gasteiger charge is 2.13. The van der Waals surface area contributed by atoms with Crippen molar-refractivity contribution < 1.29 is 9.53 Å². The Bertz CT molecular complexity index is 620. The van der Waals surface area contributed by atoms with E-state index in [2.05, 4.69) is 40.9 Å². The molecular weight excluding hydrogens is 286 g/mol. The summed E-state index contributed by atoms with van der Waals surface area (Å²) < 4.78 is 6.51. The maximum absolute atomic E-state index is 11.2. The van der Waals surface area contributed by atoms with Crippen LogP contribution in [0.5, 0.6) is 0 Å². The van der Waals surface area contributed by atoms with E-state index in [1.807, 2.05) is 23.7 Å². The molecule has 2 rings (SSSR count). The van der Waals surface area contributed by atoms with Crippen LogP contribution in [0.4, 0.5) is 0 Å². The largest absolute Gasteiger partial charge is 0.468 e. The summed E-state index contributed by atoms with van der Waals surface area (Å²) in [6, 6.07) is 8.31. The molecule has 0 amide bonds. The summed E-state index contributed by atoms with van der Waals surface area (Å²) in [5, 5.41) is 9.03. The minimum absolute atomic E-state index is 0.231. The van der Waals surface area contributed by atoms with Crippen LogP contribution in [0.1, 0.15) is 25.3 Å². The monoisotopic (exact) mass is 305 g/mol. The van der Waals surface area contributed by atoms with Gasteiger partial charge in [0, 0.05) is 12.6 Å². The minimum atomic E-state index is -0.272. The summed E-state index contributed by atoms with van der Waals surface area (Å²) in [5.74, 6) is 1.25. The molecule has 0 spiro atoms. The summed E-state index contributed by atoms with van der Waals surface area (Å²) in [5.41, 5.74) is 2.31. The van der Waals surface area contributed by atoms with E-state index in [4.69, 9.17) is 0 Å². The molecule has 0 aliphatic heterocycles. The second kappa shape index (κ2) is 6.76. The molecule has 0 fully saturated rings. The first-order chi connectivity index (χ1) is 10.0. The average Bonchev–Trinajstić information content (AvgIpc) is 2.86. The van der Waals surface area contributed by atoms with Crippen molar-refractivity contribution in [3.63, 3.8) is 0 Å². The van der Waals surface area contributed by atoms with E-state index in [0.717, 1.165) is 11.4 Å². The molecule has 0 radical (unpaired) electrons. The first-order valence-electron chi connectivity index (χ1n) is 6.72. The van der Waals surface area contributed by atoms with Gasteiger partial charge < -0.3 is 9.30 Å². The van der Waals surface area contributed by atoms with Gasteiger partial charge in [-0.2, -0.15) is 0 Å². The number of carbonyl (C=O) groups is 1. The molecule has 112 valence electrons. The number of thioether (sulfide) groups is 1. The molecule has 0 saturated carbocycles.